The fourth-order valence-electron chi connectivity index (χ4n) is 3.04. The van der Waals surface area contributed by atoms with Crippen LogP contribution < -0.4 is 10.1 Å². The molecule has 1 amide bonds. The molecule has 3 rings (SSSR count). The van der Waals surface area contributed by atoms with Crippen molar-refractivity contribution >= 4 is 5.91 Å². The molecule has 5 nitrogen and oxygen atoms in total. The maximum atomic E-state index is 12.8. The number of nitrogens with one attached hydrogen (secondary N) is 1. The molecule has 0 fully saturated rings. The van der Waals surface area contributed by atoms with Crippen LogP contribution in [0.5, 0.6) is 5.75 Å². The van der Waals surface area contributed by atoms with Crippen molar-refractivity contribution in [2.45, 2.75) is 26.8 Å². The average molecular weight is 349 g/mol. The van der Waals surface area contributed by atoms with Gasteiger partial charge in [0.25, 0.3) is 5.91 Å². The van der Waals surface area contributed by atoms with Gasteiger partial charge < -0.3 is 10.1 Å². The Morgan fingerprint density at radius 1 is 1.08 bits per heavy atom. The minimum atomic E-state index is -0.120. The smallest absolute Gasteiger partial charge is 0.255 e. The van der Waals surface area contributed by atoms with Gasteiger partial charge in [0.2, 0.25) is 0 Å². The highest BCUT2D eigenvalue weighted by atomic mass is 16.5. The van der Waals surface area contributed by atoms with Crippen molar-refractivity contribution in [2.24, 2.45) is 0 Å². The molecule has 1 N–H and O–H groups in total. The first-order valence-corrected chi connectivity index (χ1v) is 8.57. The summed E-state index contributed by atoms with van der Waals surface area (Å²) >= 11 is 0. The summed E-state index contributed by atoms with van der Waals surface area (Å²) in [7, 11) is 1.64. The quantitative estimate of drug-likeness (QED) is 0.758. The highest BCUT2D eigenvalue weighted by Crippen LogP contribution is 2.21. The van der Waals surface area contributed by atoms with E-state index < -0.39 is 0 Å². The number of nitrogens with zero attached hydrogens (tertiary/aromatic N) is 2. The second-order valence-electron chi connectivity index (χ2n) is 6.26. The predicted molar refractivity (Wildman–Crippen MR) is 102 cm³/mol. The Bertz CT molecular complexity index is 899. The number of methoxy groups -OCH3 is 1. The third kappa shape index (κ3) is 3.47. The van der Waals surface area contributed by atoms with E-state index in [1.807, 2.05) is 80.1 Å². The van der Waals surface area contributed by atoms with Crippen LogP contribution >= 0.6 is 0 Å². The Kier molecular flexibility index (Phi) is 5.07. The molecule has 134 valence electrons. The van der Waals surface area contributed by atoms with Crippen molar-refractivity contribution in [1.82, 2.24) is 15.1 Å². The van der Waals surface area contributed by atoms with Gasteiger partial charge in [0.1, 0.15) is 5.75 Å². The second-order valence-corrected chi connectivity index (χ2v) is 6.26. The van der Waals surface area contributed by atoms with Gasteiger partial charge >= 0.3 is 0 Å². The SMILES string of the molecule is COc1ccc(C(C)NC(=O)c2c(C)nn(-c3ccccc3)c2C)cc1. The molecule has 0 spiro atoms. The average Bonchev–Trinajstić information content (AvgIpc) is 2.96. The molecule has 2 aromatic carbocycles. The Balaban J connectivity index is 1.82. The number of benzene rings is 2. The predicted octanol–water partition coefficient (Wildman–Crippen LogP) is 3.99. The molecule has 0 radical (unpaired) electrons. The van der Waals surface area contributed by atoms with Gasteiger partial charge in [-0.1, -0.05) is 30.3 Å². The van der Waals surface area contributed by atoms with Crippen LogP contribution in [-0.2, 0) is 0 Å². The number of carbonyl (C=O) groups is 1. The van der Waals surface area contributed by atoms with Crippen LogP contribution in [0, 0.1) is 13.8 Å². The highest BCUT2D eigenvalue weighted by Gasteiger charge is 2.21. The van der Waals surface area contributed by atoms with Crippen LogP contribution in [0.15, 0.2) is 54.6 Å². The van der Waals surface area contributed by atoms with Gasteiger partial charge in [-0.25, -0.2) is 4.68 Å². The van der Waals surface area contributed by atoms with E-state index in [4.69, 9.17) is 4.74 Å². The van der Waals surface area contributed by atoms with Gasteiger partial charge in [-0.2, -0.15) is 5.10 Å². The maximum absolute atomic E-state index is 12.8. The Hall–Kier alpha value is -3.08. The number of hydrogen-bond acceptors (Lipinski definition) is 3. The Morgan fingerprint density at radius 3 is 2.35 bits per heavy atom. The third-order valence-electron chi connectivity index (χ3n) is 4.48. The lowest BCUT2D eigenvalue weighted by molar-refractivity contribution is 0.0938. The molecule has 1 unspecified atom stereocenters. The van der Waals surface area contributed by atoms with Gasteiger partial charge in [-0.3, -0.25) is 4.79 Å². The van der Waals surface area contributed by atoms with Gasteiger partial charge in [-0.15, -0.1) is 0 Å². The summed E-state index contributed by atoms with van der Waals surface area (Å²) in [6.07, 6.45) is 0. The van der Waals surface area contributed by atoms with E-state index >= 15 is 0 Å². The van der Waals surface area contributed by atoms with Crippen molar-refractivity contribution in [3.05, 3.63) is 77.1 Å². The largest absolute Gasteiger partial charge is 0.497 e. The Morgan fingerprint density at radius 2 is 1.73 bits per heavy atom. The standard InChI is InChI=1S/C21H23N3O2/c1-14(17-10-12-19(26-4)13-11-17)22-21(25)20-15(2)23-24(16(20)3)18-8-6-5-7-9-18/h5-14H,1-4H3,(H,22,25). The molecule has 0 saturated carbocycles. The molecule has 1 heterocycles. The zero-order chi connectivity index (χ0) is 18.7. The van der Waals surface area contributed by atoms with Crippen molar-refractivity contribution in [1.29, 1.82) is 0 Å². The lowest BCUT2D eigenvalue weighted by atomic mass is 10.1. The molecule has 26 heavy (non-hydrogen) atoms. The summed E-state index contributed by atoms with van der Waals surface area (Å²) in [5.41, 5.74) is 4.12. The Labute approximate surface area is 153 Å². The summed E-state index contributed by atoms with van der Waals surface area (Å²) in [6, 6.07) is 17.4. The fraction of sp³-hybridized carbons (Fsp3) is 0.238. The molecule has 3 aromatic rings. The summed E-state index contributed by atoms with van der Waals surface area (Å²) in [5, 5.41) is 7.61. The summed E-state index contributed by atoms with van der Waals surface area (Å²) in [5.74, 6) is 0.675. The molecule has 1 aromatic heterocycles. The molecular weight excluding hydrogens is 326 g/mol. The van der Waals surface area contributed by atoms with Crippen LogP contribution in [0.2, 0.25) is 0 Å². The highest BCUT2D eigenvalue weighted by molar-refractivity contribution is 5.96. The first-order valence-electron chi connectivity index (χ1n) is 8.57. The van der Waals surface area contributed by atoms with Gasteiger partial charge in [-0.05, 0) is 50.6 Å². The zero-order valence-corrected chi connectivity index (χ0v) is 15.5. The normalized spacial score (nSPS) is 11.8. The van der Waals surface area contributed by atoms with Gasteiger partial charge in [0.15, 0.2) is 0 Å². The molecule has 1 atom stereocenters. The summed E-state index contributed by atoms with van der Waals surface area (Å²) in [4.78, 5) is 12.8. The van der Waals surface area contributed by atoms with E-state index in [1.54, 1.807) is 7.11 Å². The van der Waals surface area contributed by atoms with Crippen LogP contribution in [-0.4, -0.2) is 22.8 Å². The van der Waals surface area contributed by atoms with Crippen LogP contribution in [0.4, 0.5) is 0 Å². The van der Waals surface area contributed by atoms with Crippen molar-refractivity contribution in [3.8, 4) is 11.4 Å². The topological polar surface area (TPSA) is 56.1 Å². The molecule has 5 heteroatoms. The second kappa shape index (κ2) is 7.44. The minimum Gasteiger partial charge on any atom is -0.497 e. The number of aryl methyl sites for hydroxylation is 1. The van der Waals surface area contributed by atoms with E-state index in [-0.39, 0.29) is 11.9 Å². The zero-order valence-electron chi connectivity index (χ0n) is 15.5. The van der Waals surface area contributed by atoms with Crippen molar-refractivity contribution in [2.75, 3.05) is 7.11 Å². The molecule has 0 aliphatic heterocycles. The summed E-state index contributed by atoms with van der Waals surface area (Å²) < 4.78 is 6.99. The number of amides is 1. The monoisotopic (exact) mass is 349 g/mol. The lowest BCUT2D eigenvalue weighted by Crippen LogP contribution is -2.27. The maximum Gasteiger partial charge on any atom is 0.255 e. The van der Waals surface area contributed by atoms with Gasteiger partial charge in [0, 0.05) is 0 Å². The minimum absolute atomic E-state index is 0.118. The van der Waals surface area contributed by atoms with E-state index in [0.717, 1.165) is 22.7 Å². The van der Waals surface area contributed by atoms with Crippen LogP contribution in [0.25, 0.3) is 5.69 Å². The van der Waals surface area contributed by atoms with E-state index in [1.165, 1.54) is 0 Å². The number of rotatable bonds is 5. The van der Waals surface area contributed by atoms with Crippen molar-refractivity contribution < 1.29 is 9.53 Å². The van der Waals surface area contributed by atoms with E-state index in [2.05, 4.69) is 10.4 Å². The van der Waals surface area contributed by atoms with Crippen LogP contribution in [0.3, 0.4) is 0 Å². The van der Waals surface area contributed by atoms with Gasteiger partial charge in [0.05, 0.1) is 35.8 Å². The van der Waals surface area contributed by atoms with Crippen LogP contribution in [0.1, 0.15) is 40.3 Å². The number of ether oxygens (including phenoxy) is 1. The molecular formula is C21H23N3O2. The molecule has 0 aliphatic rings. The van der Waals surface area contributed by atoms with Crippen molar-refractivity contribution in [3.63, 3.8) is 0 Å². The molecule has 0 bridgehead atoms. The number of aromatic nitrogens is 2. The molecule has 0 saturated heterocycles. The third-order valence-corrected chi connectivity index (χ3v) is 4.48. The summed E-state index contributed by atoms with van der Waals surface area (Å²) in [6.45, 7) is 5.74. The first kappa shape index (κ1) is 17.7. The number of hydrogen-bond donors (Lipinski definition) is 1. The van der Waals surface area contributed by atoms with E-state index in [9.17, 15) is 4.79 Å². The lowest BCUT2D eigenvalue weighted by Gasteiger charge is -2.15. The first-order chi connectivity index (χ1) is 12.5. The fourth-order valence-corrected chi connectivity index (χ4v) is 3.04. The van der Waals surface area contributed by atoms with E-state index in [0.29, 0.717) is 11.3 Å². The molecule has 0 aliphatic carbocycles. The number of carbonyl (C=O) groups excluding carboxylic acids is 1. The number of para-hydroxylation sites is 1.